The van der Waals surface area contributed by atoms with Crippen LogP contribution in [0.2, 0.25) is 0 Å². The molecule has 0 radical (unpaired) electrons. The minimum atomic E-state index is -2.84. The lowest BCUT2D eigenvalue weighted by molar-refractivity contribution is -0.00825. The molecule has 2 fully saturated rings. The van der Waals surface area contributed by atoms with E-state index in [-0.39, 0.29) is 24.2 Å². The number of carbonyl (C=O) groups excluding carboxylic acids is 1. The van der Waals surface area contributed by atoms with Crippen LogP contribution in [0.15, 0.2) is 53.7 Å². The number of ether oxygens (including phenoxy) is 1. The minimum absolute atomic E-state index is 0.0287. The van der Waals surface area contributed by atoms with Crippen LogP contribution in [0.5, 0.6) is 0 Å². The van der Waals surface area contributed by atoms with E-state index in [1.54, 1.807) is 68.0 Å². The van der Waals surface area contributed by atoms with Gasteiger partial charge in [-0.15, -0.1) is 0 Å². The van der Waals surface area contributed by atoms with Crippen LogP contribution in [0, 0.1) is 0 Å². The second kappa shape index (κ2) is 14.5. The van der Waals surface area contributed by atoms with Crippen molar-refractivity contribution in [2.45, 2.75) is 18.6 Å². The third-order valence-corrected chi connectivity index (χ3v) is 11.3. The van der Waals surface area contributed by atoms with E-state index in [4.69, 9.17) is 9.72 Å². The standard InChI is InChI=1S/C33H36BrFN11O3PS/c1-44-17-19(15-39-44)20-14-25(28(32(47)51)42-31(20)46-9-6-26(22(35)18-46)45-10-12-49-13-11-45)41-33-38-16-21(34)30(43-33)40-24-5-4-23-27(37-8-7-36-23)29(24)50(2,3)48/h4-5,7-8,14-17,22,26H,6,9-13,18H2,1-3H3,(H,47,51)(H2,38,40,41,43). The van der Waals surface area contributed by atoms with Gasteiger partial charge in [0.15, 0.2) is 0 Å². The molecule has 2 N–H and O–H groups in total. The first kappa shape index (κ1) is 35.4. The Labute approximate surface area is 307 Å². The van der Waals surface area contributed by atoms with E-state index in [2.05, 4.69) is 69.1 Å². The Bertz CT molecular complexity index is 2160. The van der Waals surface area contributed by atoms with Gasteiger partial charge in [-0.1, -0.05) is 12.6 Å². The summed E-state index contributed by atoms with van der Waals surface area (Å²) in [5.41, 5.74) is 3.44. The molecule has 0 amide bonds. The molecule has 4 aromatic heterocycles. The highest BCUT2D eigenvalue weighted by Crippen LogP contribution is 2.42. The summed E-state index contributed by atoms with van der Waals surface area (Å²) in [7, 11) is -1.03. The lowest BCUT2D eigenvalue weighted by Crippen LogP contribution is -2.55. The highest BCUT2D eigenvalue weighted by atomic mass is 79.9. The van der Waals surface area contributed by atoms with Crippen LogP contribution < -0.4 is 20.8 Å². The Kier molecular flexibility index (Phi) is 10.1. The molecule has 2 atom stereocenters. The lowest BCUT2D eigenvalue weighted by atomic mass is 9.99. The molecule has 2 aliphatic heterocycles. The maximum absolute atomic E-state index is 15.8. The molecule has 7 rings (SSSR count). The van der Waals surface area contributed by atoms with Crippen molar-refractivity contribution in [2.75, 3.05) is 68.3 Å². The molecule has 0 saturated carbocycles. The highest BCUT2D eigenvalue weighted by Gasteiger charge is 2.36. The molecular formula is C33H36BrFN11O3PS. The number of piperidine rings is 1. The Morgan fingerprint density at radius 1 is 1.06 bits per heavy atom. The Morgan fingerprint density at radius 3 is 2.55 bits per heavy atom. The van der Waals surface area contributed by atoms with E-state index in [0.29, 0.717) is 88.7 Å². The number of morpholine rings is 1. The average Bonchev–Trinajstić information content (AvgIpc) is 3.55. The van der Waals surface area contributed by atoms with Gasteiger partial charge in [-0.3, -0.25) is 24.3 Å². The van der Waals surface area contributed by atoms with Gasteiger partial charge in [-0.05, 0) is 53.9 Å². The molecule has 14 nitrogen and oxygen atoms in total. The molecule has 0 spiro atoms. The number of hydrogen-bond acceptors (Lipinski definition) is 13. The van der Waals surface area contributed by atoms with Crippen molar-refractivity contribution in [2.24, 2.45) is 7.05 Å². The van der Waals surface area contributed by atoms with E-state index in [9.17, 15) is 9.36 Å². The zero-order valence-corrected chi connectivity index (χ0v) is 31.5. The third-order valence-electron chi connectivity index (χ3n) is 8.94. The molecule has 2 saturated heterocycles. The summed E-state index contributed by atoms with van der Waals surface area (Å²) in [5.74, 6) is 0.985. The van der Waals surface area contributed by atoms with Crippen molar-refractivity contribution in [1.29, 1.82) is 0 Å². The number of alkyl halides is 1. The van der Waals surface area contributed by atoms with Crippen molar-refractivity contribution in [1.82, 2.24) is 39.6 Å². The largest absolute Gasteiger partial charge is 0.379 e. The predicted octanol–water partition coefficient (Wildman–Crippen LogP) is 5.03. The summed E-state index contributed by atoms with van der Waals surface area (Å²) >= 11 is 7.69. The quantitative estimate of drug-likeness (QED) is 0.135. The van der Waals surface area contributed by atoms with Crippen LogP contribution in [0.25, 0.3) is 22.2 Å². The van der Waals surface area contributed by atoms with Gasteiger partial charge < -0.3 is 24.8 Å². The van der Waals surface area contributed by atoms with E-state index in [0.717, 1.165) is 5.56 Å². The van der Waals surface area contributed by atoms with Gasteiger partial charge in [0.2, 0.25) is 11.1 Å². The molecule has 0 aliphatic carbocycles. The van der Waals surface area contributed by atoms with Gasteiger partial charge in [-0.25, -0.2) is 14.4 Å². The number of halogens is 2. The molecule has 2 aliphatic rings. The monoisotopic (exact) mass is 795 g/mol. The summed E-state index contributed by atoms with van der Waals surface area (Å²) in [5, 5.41) is 10.8. The smallest absolute Gasteiger partial charge is 0.236 e. The summed E-state index contributed by atoms with van der Waals surface area (Å²) in [4.78, 5) is 39.8. The number of aryl methyl sites for hydroxylation is 1. The fourth-order valence-corrected chi connectivity index (χ4v) is 8.47. The fourth-order valence-electron chi connectivity index (χ4n) is 6.61. The topological polar surface area (TPSA) is 156 Å². The number of benzene rings is 1. The number of hydrogen-bond donors (Lipinski definition) is 3. The van der Waals surface area contributed by atoms with Crippen molar-refractivity contribution < 1.29 is 18.5 Å². The maximum Gasteiger partial charge on any atom is 0.236 e. The first-order valence-corrected chi connectivity index (χ1v) is 20.1. The maximum atomic E-state index is 15.8. The van der Waals surface area contributed by atoms with Crippen LogP contribution in [0.4, 0.5) is 33.3 Å². The van der Waals surface area contributed by atoms with Crippen LogP contribution in [0.3, 0.4) is 0 Å². The fraction of sp³-hybridized carbons (Fsp3) is 0.364. The van der Waals surface area contributed by atoms with Crippen LogP contribution in [-0.2, 0) is 16.3 Å². The van der Waals surface area contributed by atoms with Crippen molar-refractivity contribution >= 4 is 86.1 Å². The second-order valence-electron chi connectivity index (χ2n) is 12.8. The van der Waals surface area contributed by atoms with E-state index in [1.807, 2.05) is 11.1 Å². The second-order valence-corrected chi connectivity index (χ2v) is 17.2. The lowest BCUT2D eigenvalue weighted by Gasteiger charge is -2.42. The molecule has 51 heavy (non-hydrogen) atoms. The predicted molar refractivity (Wildman–Crippen MR) is 203 cm³/mol. The normalized spacial score (nSPS) is 18.6. The molecular weight excluding hydrogens is 760 g/mol. The summed E-state index contributed by atoms with van der Waals surface area (Å²) in [6.07, 6.45) is 7.72. The van der Waals surface area contributed by atoms with Gasteiger partial charge in [0.05, 0.1) is 52.6 Å². The Morgan fingerprint density at radius 2 is 1.84 bits per heavy atom. The van der Waals surface area contributed by atoms with E-state index >= 15 is 4.39 Å². The zero-order chi connectivity index (χ0) is 35.9. The van der Waals surface area contributed by atoms with Gasteiger partial charge in [0.25, 0.3) is 0 Å². The SMILES string of the molecule is Cn1cc(-c2cc(Nc3ncc(Br)c(Nc4ccc5nccnc5c4P(C)(C)=O)n3)c(C(=O)S)nc2N2CCC(N3CCOCC3)C(F)C2)cn1. The number of anilines is 5. The Hall–Kier alpha value is -4.02. The van der Waals surface area contributed by atoms with Gasteiger partial charge in [-0.2, -0.15) is 10.1 Å². The van der Waals surface area contributed by atoms with Crippen molar-refractivity contribution in [3.63, 3.8) is 0 Å². The number of aromatic nitrogens is 7. The van der Waals surface area contributed by atoms with E-state index in [1.165, 1.54) is 0 Å². The van der Waals surface area contributed by atoms with Crippen molar-refractivity contribution in [3.8, 4) is 11.1 Å². The van der Waals surface area contributed by atoms with Gasteiger partial charge in [0, 0.05) is 68.6 Å². The molecule has 6 heterocycles. The molecule has 18 heteroatoms. The van der Waals surface area contributed by atoms with Crippen molar-refractivity contribution in [3.05, 3.63) is 59.3 Å². The first-order chi connectivity index (χ1) is 24.5. The number of thiol groups is 1. The molecule has 5 aromatic rings. The van der Waals surface area contributed by atoms with Crippen LogP contribution in [-0.4, -0.2) is 110 Å². The van der Waals surface area contributed by atoms with Crippen LogP contribution in [0.1, 0.15) is 16.9 Å². The Balaban J connectivity index is 1.23. The molecule has 1 aromatic carbocycles. The number of fused-ring (bicyclic) bond motifs is 1. The van der Waals surface area contributed by atoms with E-state index < -0.39 is 18.4 Å². The van der Waals surface area contributed by atoms with Crippen LogP contribution >= 0.6 is 35.7 Å². The zero-order valence-electron chi connectivity index (χ0n) is 28.1. The van der Waals surface area contributed by atoms with Gasteiger partial charge in [0.1, 0.15) is 36.2 Å². The molecule has 2 unspecified atom stereocenters. The highest BCUT2D eigenvalue weighted by molar-refractivity contribution is 9.10. The number of rotatable bonds is 9. The summed E-state index contributed by atoms with van der Waals surface area (Å²) in [6.45, 7) is 6.62. The number of carbonyl (C=O) groups is 1. The minimum Gasteiger partial charge on any atom is -0.379 e. The molecule has 0 bridgehead atoms. The third kappa shape index (κ3) is 7.49. The summed E-state index contributed by atoms with van der Waals surface area (Å²) in [6, 6.07) is 5.15. The van der Waals surface area contributed by atoms with Gasteiger partial charge >= 0.3 is 0 Å². The number of nitrogens with zero attached hydrogens (tertiary/aromatic N) is 9. The average molecular weight is 797 g/mol. The number of pyridine rings is 1. The first-order valence-electron chi connectivity index (χ1n) is 16.3. The summed E-state index contributed by atoms with van der Waals surface area (Å²) < 4.78 is 37.0. The molecule has 266 valence electrons. The number of nitrogens with one attached hydrogen (secondary N) is 2.